The summed E-state index contributed by atoms with van der Waals surface area (Å²) in [4.78, 5) is 11.8. The SMILES string of the molecule is Cc1ccc([C@@](C)(O)CNC(=O)c2ccc(F)c(S(=O)(=O)NC3CC3)c2)o1. The minimum atomic E-state index is -4.04. The highest BCUT2D eigenvalue weighted by Gasteiger charge is 2.31. The summed E-state index contributed by atoms with van der Waals surface area (Å²) in [5.74, 6) is -0.663. The molecule has 0 radical (unpaired) electrons. The summed E-state index contributed by atoms with van der Waals surface area (Å²) in [5.41, 5.74) is -1.48. The van der Waals surface area contributed by atoms with E-state index >= 15 is 0 Å². The van der Waals surface area contributed by atoms with Gasteiger partial charge in [0.1, 0.15) is 27.8 Å². The van der Waals surface area contributed by atoms with Crippen molar-refractivity contribution in [2.45, 2.75) is 43.2 Å². The molecule has 1 aromatic heterocycles. The Balaban J connectivity index is 1.74. The lowest BCUT2D eigenvalue weighted by Crippen LogP contribution is -2.38. The molecule has 1 heterocycles. The third-order valence-corrected chi connectivity index (χ3v) is 5.78. The van der Waals surface area contributed by atoms with Crippen LogP contribution in [0.3, 0.4) is 0 Å². The third kappa shape index (κ3) is 4.55. The van der Waals surface area contributed by atoms with Crippen LogP contribution in [-0.4, -0.2) is 32.0 Å². The predicted octanol–water partition coefficient (Wildman–Crippen LogP) is 1.81. The van der Waals surface area contributed by atoms with E-state index in [9.17, 15) is 22.7 Å². The fourth-order valence-corrected chi connectivity index (χ4v) is 3.91. The maximum absolute atomic E-state index is 14.0. The minimum Gasteiger partial charge on any atom is -0.463 e. The lowest BCUT2D eigenvalue weighted by molar-refractivity contribution is 0.0323. The second-order valence-corrected chi connectivity index (χ2v) is 8.59. The van der Waals surface area contributed by atoms with Crippen LogP contribution in [0.2, 0.25) is 0 Å². The van der Waals surface area contributed by atoms with Crippen molar-refractivity contribution in [1.29, 1.82) is 0 Å². The van der Waals surface area contributed by atoms with E-state index in [4.69, 9.17) is 4.42 Å². The van der Waals surface area contributed by atoms with Gasteiger partial charge in [-0.3, -0.25) is 4.79 Å². The molecule has 1 amide bonds. The highest BCUT2D eigenvalue weighted by molar-refractivity contribution is 7.89. The van der Waals surface area contributed by atoms with Gasteiger partial charge in [0.25, 0.3) is 5.91 Å². The van der Waals surface area contributed by atoms with Crippen molar-refractivity contribution in [2.75, 3.05) is 6.54 Å². The van der Waals surface area contributed by atoms with Crippen LogP contribution in [-0.2, 0) is 15.6 Å². The molecular weight excluding hydrogens is 375 g/mol. The highest BCUT2D eigenvalue weighted by Crippen LogP contribution is 2.25. The molecule has 1 aromatic carbocycles. The highest BCUT2D eigenvalue weighted by atomic mass is 32.2. The van der Waals surface area contributed by atoms with Gasteiger partial charge in [-0.15, -0.1) is 0 Å². The molecule has 27 heavy (non-hydrogen) atoms. The fraction of sp³-hybridized carbons (Fsp3) is 0.389. The molecule has 1 atom stereocenters. The number of rotatable bonds is 7. The molecule has 3 rings (SSSR count). The Bertz CT molecular complexity index is 964. The summed E-state index contributed by atoms with van der Waals surface area (Å²) in [6.07, 6.45) is 1.42. The number of amides is 1. The normalized spacial score (nSPS) is 16.7. The molecule has 0 bridgehead atoms. The average Bonchev–Trinajstić information content (AvgIpc) is 3.28. The number of hydrogen-bond donors (Lipinski definition) is 3. The number of furan rings is 1. The van der Waals surface area contributed by atoms with Crippen molar-refractivity contribution < 1.29 is 27.1 Å². The van der Waals surface area contributed by atoms with Crippen LogP contribution in [0.15, 0.2) is 39.6 Å². The maximum Gasteiger partial charge on any atom is 0.251 e. The Kier molecular flexibility index (Phi) is 5.11. The van der Waals surface area contributed by atoms with Gasteiger partial charge >= 0.3 is 0 Å². The number of aryl methyl sites for hydroxylation is 1. The monoisotopic (exact) mass is 396 g/mol. The molecule has 0 saturated heterocycles. The molecule has 2 aromatic rings. The van der Waals surface area contributed by atoms with Crippen molar-refractivity contribution in [1.82, 2.24) is 10.0 Å². The Morgan fingerprint density at radius 1 is 1.33 bits per heavy atom. The van der Waals surface area contributed by atoms with E-state index < -0.39 is 32.2 Å². The summed E-state index contributed by atoms with van der Waals surface area (Å²) in [6, 6.07) is 6.22. The van der Waals surface area contributed by atoms with Gasteiger partial charge in [0.05, 0.1) is 6.54 Å². The molecule has 9 heteroatoms. The first-order chi connectivity index (χ1) is 12.6. The Morgan fingerprint density at radius 2 is 2.04 bits per heavy atom. The topological polar surface area (TPSA) is 109 Å². The molecule has 7 nitrogen and oxygen atoms in total. The molecule has 0 unspecified atom stereocenters. The zero-order valence-corrected chi connectivity index (χ0v) is 15.8. The first kappa shape index (κ1) is 19.5. The van der Waals surface area contributed by atoms with Gasteiger partial charge in [-0.05, 0) is 57.0 Å². The van der Waals surface area contributed by atoms with Crippen molar-refractivity contribution >= 4 is 15.9 Å². The molecule has 146 valence electrons. The lowest BCUT2D eigenvalue weighted by atomic mass is 10.0. The largest absolute Gasteiger partial charge is 0.463 e. The van der Waals surface area contributed by atoms with E-state index in [1.807, 2.05) is 0 Å². The van der Waals surface area contributed by atoms with Gasteiger partial charge in [-0.2, -0.15) is 0 Å². The number of nitrogens with one attached hydrogen (secondary N) is 2. The minimum absolute atomic E-state index is 0.0287. The van der Waals surface area contributed by atoms with Crippen molar-refractivity contribution in [3.8, 4) is 0 Å². The first-order valence-corrected chi connectivity index (χ1v) is 9.96. The zero-order valence-electron chi connectivity index (χ0n) is 15.0. The first-order valence-electron chi connectivity index (χ1n) is 8.48. The van der Waals surface area contributed by atoms with E-state index in [0.29, 0.717) is 18.6 Å². The average molecular weight is 396 g/mol. The molecule has 1 aliphatic rings. The lowest BCUT2D eigenvalue weighted by Gasteiger charge is -2.21. The van der Waals surface area contributed by atoms with E-state index in [-0.39, 0.29) is 23.9 Å². The summed E-state index contributed by atoms with van der Waals surface area (Å²) in [6.45, 7) is 3.04. The predicted molar refractivity (Wildman–Crippen MR) is 95.1 cm³/mol. The maximum atomic E-state index is 14.0. The van der Waals surface area contributed by atoms with Crippen LogP contribution in [0.1, 0.15) is 41.6 Å². The standard InChI is InChI=1S/C18H21FN2O5S/c1-11-3-8-16(26-11)18(2,23)10-20-17(22)12-4-7-14(19)15(9-12)27(24,25)21-13-5-6-13/h3-4,7-9,13,21,23H,5-6,10H2,1-2H3,(H,20,22)/t18-/m0/s1. The smallest absolute Gasteiger partial charge is 0.251 e. The van der Waals surface area contributed by atoms with Crippen LogP contribution in [0.5, 0.6) is 0 Å². The molecule has 1 saturated carbocycles. The van der Waals surface area contributed by atoms with Crippen LogP contribution >= 0.6 is 0 Å². The third-order valence-electron chi connectivity index (χ3n) is 4.25. The molecule has 0 spiro atoms. The Labute approximate surface area is 156 Å². The molecular formula is C18H21FN2O5S. The summed E-state index contributed by atoms with van der Waals surface area (Å²) in [7, 11) is -4.04. The van der Waals surface area contributed by atoms with Gasteiger partial charge in [-0.25, -0.2) is 17.5 Å². The zero-order chi connectivity index (χ0) is 19.8. The van der Waals surface area contributed by atoms with Crippen LogP contribution in [0.25, 0.3) is 0 Å². The molecule has 0 aliphatic heterocycles. The summed E-state index contributed by atoms with van der Waals surface area (Å²) >= 11 is 0. The van der Waals surface area contributed by atoms with Crippen LogP contribution < -0.4 is 10.0 Å². The van der Waals surface area contributed by atoms with E-state index in [1.54, 1.807) is 19.1 Å². The van der Waals surface area contributed by atoms with Gasteiger partial charge in [0.2, 0.25) is 10.0 Å². The number of sulfonamides is 1. The summed E-state index contributed by atoms with van der Waals surface area (Å²) in [5, 5.41) is 13.0. The Morgan fingerprint density at radius 3 is 2.63 bits per heavy atom. The van der Waals surface area contributed by atoms with Gasteiger partial charge < -0.3 is 14.8 Å². The number of benzene rings is 1. The number of aliphatic hydroxyl groups is 1. The van der Waals surface area contributed by atoms with Crippen LogP contribution in [0, 0.1) is 12.7 Å². The molecule has 3 N–H and O–H groups in total. The van der Waals surface area contributed by atoms with Gasteiger partial charge in [0, 0.05) is 11.6 Å². The van der Waals surface area contributed by atoms with Gasteiger partial charge in [0.15, 0.2) is 0 Å². The van der Waals surface area contributed by atoms with Crippen molar-refractivity contribution in [2.24, 2.45) is 0 Å². The van der Waals surface area contributed by atoms with Gasteiger partial charge in [-0.1, -0.05) is 0 Å². The Hall–Kier alpha value is -2.23. The van der Waals surface area contributed by atoms with Crippen molar-refractivity contribution in [3.05, 3.63) is 53.2 Å². The number of carbonyl (C=O) groups excluding carboxylic acids is 1. The molecule has 1 aliphatic carbocycles. The molecule has 1 fully saturated rings. The fourth-order valence-electron chi connectivity index (χ4n) is 2.50. The number of carbonyl (C=O) groups is 1. The van der Waals surface area contributed by atoms with Crippen molar-refractivity contribution in [3.63, 3.8) is 0 Å². The summed E-state index contributed by atoms with van der Waals surface area (Å²) < 4.78 is 46.2. The second-order valence-electron chi connectivity index (χ2n) is 6.91. The number of hydrogen-bond acceptors (Lipinski definition) is 5. The van der Waals surface area contributed by atoms with E-state index in [0.717, 1.165) is 12.1 Å². The quantitative estimate of drug-likeness (QED) is 0.661. The number of halogens is 1. The van der Waals surface area contributed by atoms with E-state index in [1.165, 1.54) is 13.0 Å². The second kappa shape index (κ2) is 7.06. The van der Waals surface area contributed by atoms with E-state index in [2.05, 4.69) is 10.0 Å². The van der Waals surface area contributed by atoms with Crippen LogP contribution in [0.4, 0.5) is 4.39 Å².